The Labute approximate surface area is 229 Å². The molecule has 1 aromatic carbocycles. The lowest BCUT2D eigenvalue weighted by atomic mass is 10.0. The Bertz CT molecular complexity index is 1170. The standard InChI is InChI=1S/C28H38N6O5/c1-17(18-8-6-9-19(12-18)24(35)30-5)34-21-13-23(26(34)37)32(15-21)16-22(31-27(38)39-28(2,3)4)25(36)33-11-7-10-20(33)14-29/h6,8-9,12,17,20-23H,7,10-11,13,15-16H2,1-5H3,(H,30,35)(H,31,38)/t17-,20-,21?,22-,23-/m0/s1. The third kappa shape index (κ3) is 6.01. The Hall–Kier alpha value is -3.65. The first-order valence-electron chi connectivity index (χ1n) is 13.5. The van der Waals surface area contributed by atoms with Gasteiger partial charge in [-0.2, -0.15) is 5.26 Å². The number of nitriles is 1. The quantitative estimate of drug-likeness (QED) is 0.540. The second kappa shape index (κ2) is 11.2. The number of carbonyl (C=O) groups is 4. The Balaban J connectivity index is 1.48. The molecule has 39 heavy (non-hydrogen) atoms. The highest BCUT2D eigenvalue weighted by Gasteiger charge is 2.52. The van der Waals surface area contributed by atoms with Gasteiger partial charge in [0.25, 0.3) is 5.91 Å². The topological polar surface area (TPSA) is 135 Å². The van der Waals surface area contributed by atoms with Crippen molar-refractivity contribution in [3.8, 4) is 6.07 Å². The molecule has 3 fully saturated rings. The number of benzene rings is 1. The molecule has 4 amide bonds. The van der Waals surface area contributed by atoms with Crippen LogP contribution in [0.4, 0.5) is 4.79 Å². The number of fused-ring (bicyclic) bond motifs is 2. The normalized spacial score (nSPS) is 24.3. The summed E-state index contributed by atoms with van der Waals surface area (Å²) in [6.07, 6.45) is 1.23. The Morgan fingerprint density at radius 1 is 1.26 bits per heavy atom. The summed E-state index contributed by atoms with van der Waals surface area (Å²) in [6.45, 7) is 8.34. The molecular weight excluding hydrogens is 500 g/mol. The molecule has 2 N–H and O–H groups in total. The predicted octanol–water partition coefficient (Wildman–Crippen LogP) is 1.80. The molecule has 0 radical (unpaired) electrons. The lowest BCUT2D eigenvalue weighted by Gasteiger charge is -2.39. The first-order valence-corrected chi connectivity index (χ1v) is 13.5. The molecule has 3 aliphatic heterocycles. The second-order valence-electron chi connectivity index (χ2n) is 11.5. The highest BCUT2D eigenvalue weighted by atomic mass is 16.6. The Kier molecular flexibility index (Phi) is 8.16. The summed E-state index contributed by atoms with van der Waals surface area (Å²) >= 11 is 0. The van der Waals surface area contributed by atoms with Crippen LogP contribution < -0.4 is 10.6 Å². The van der Waals surface area contributed by atoms with Crippen molar-refractivity contribution in [2.75, 3.05) is 26.7 Å². The van der Waals surface area contributed by atoms with Crippen LogP contribution in [-0.4, -0.2) is 95.0 Å². The van der Waals surface area contributed by atoms with Gasteiger partial charge in [-0.1, -0.05) is 12.1 Å². The van der Waals surface area contributed by atoms with Crippen molar-refractivity contribution in [2.24, 2.45) is 0 Å². The number of carbonyl (C=O) groups excluding carboxylic acids is 4. The first-order chi connectivity index (χ1) is 18.4. The summed E-state index contributed by atoms with van der Waals surface area (Å²) in [7, 11) is 1.58. The maximum Gasteiger partial charge on any atom is 0.408 e. The van der Waals surface area contributed by atoms with E-state index in [-0.39, 0.29) is 36.3 Å². The van der Waals surface area contributed by atoms with Gasteiger partial charge in [-0.3, -0.25) is 19.3 Å². The van der Waals surface area contributed by atoms with Crippen LogP contribution in [0.15, 0.2) is 24.3 Å². The molecular formula is C28H38N6O5. The van der Waals surface area contributed by atoms with E-state index < -0.39 is 29.8 Å². The summed E-state index contributed by atoms with van der Waals surface area (Å²) < 4.78 is 5.41. The molecule has 210 valence electrons. The SMILES string of the molecule is CNC(=O)c1cccc([C@H](C)N2C(=O)[C@@H]3CC2CN3C[C@H](NC(=O)OC(C)(C)C)C(=O)N2CCC[C@H]2C#N)c1. The van der Waals surface area contributed by atoms with Crippen LogP contribution in [-0.2, 0) is 14.3 Å². The minimum Gasteiger partial charge on any atom is -0.444 e. The molecule has 2 bridgehead atoms. The van der Waals surface area contributed by atoms with Crippen LogP contribution >= 0.6 is 0 Å². The zero-order valence-corrected chi connectivity index (χ0v) is 23.3. The molecule has 3 heterocycles. The maximum atomic E-state index is 13.5. The first kappa shape index (κ1) is 28.4. The van der Waals surface area contributed by atoms with E-state index >= 15 is 0 Å². The summed E-state index contributed by atoms with van der Waals surface area (Å²) in [6, 6.07) is 7.27. The maximum absolute atomic E-state index is 13.5. The number of alkyl carbamates (subject to hydrolysis) is 1. The molecule has 3 saturated heterocycles. The molecule has 4 rings (SSSR count). The fraction of sp³-hybridized carbons (Fsp3) is 0.607. The lowest BCUT2D eigenvalue weighted by Crippen LogP contribution is -2.59. The largest absolute Gasteiger partial charge is 0.444 e. The van der Waals surface area contributed by atoms with Crippen molar-refractivity contribution in [3.63, 3.8) is 0 Å². The van der Waals surface area contributed by atoms with Crippen LogP contribution in [0.25, 0.3) is 0 Å². The fourth-order valence-corrected chi connectivity index (χ4v) is 5.88. The van der Waals surface area contributed by atoms with Crippen molar-refractivity contribution in [2.45, 2.75) is 82.8 Å². The van der Waals surface area contributed by atoms with E-state index in [0.717, 1.165) is 12.0 Å². The van der Waals surface area contributed by atoms with Gasteiger partial charge in [0.1, 0.15) is 17.7 Å². The van der Waals surface area contributed by atoms with Crippen molar-refractivity contribution in [1.82, 2.24) is 25.3 Å². The van der Waals surface area contributed by atoms with E-state index in [0.29, 0.717) is 31.5 Å². The molecule has 1 aromatic rings. The van der Waals surface area contributed by atoms with Gasteiger partial charge in [0.15, 0.2) is 0 Å². The Morgan fingerprint density at radius 2 is 2.00 bits per heavy atom. The number of likely N-dealkylation sites (tertiary alicyclic amines) is 3. The van der Waals surface area contributed by atoms with E-state index in [9.17, 15) is 24.4 Å². The molecule has 5 atom stereocenters. The van der Waals surface area contributed by atoms with Crippen molar-refractivity contribution in [3.05, 3.63) is 35.4 Å². The van der Waals surface area contributed by atoms with Gasteiger partial charge in [0, 0.05) is 38.3 Å². The summed E-state index contributed by atoms with van der Waals surface area (Å²) in [5, 5.41) is 14.8. The van der Waals surface area contributed by atoms with Crippen LogP contribution in [0.3, 0.4) is 0 Å². The van der Waals surface area contributed by atoms with Gasteiger partial charge >= 0.3 is 6.09 Å². The van der Waals surface area contributed by atoms with Gasteiger partial charge in [0.05, 0.1) is 18.2 Å². The zero-order chi connectivity index (χ0) is 28.5. The molecule has 11 heteroatoms. The monoisotopic (exact) mass is 538 g/mol. The van der Waals surface area contributed by atoms with Gasteiger partial charge < -0.3 is 25.2 Å². The average Bonchev–Trinajstić information content (AvgIpc) is 3.60. The van der Waals surface area contributed by atoms with E-state index in [2.05, 4.69) is 16.7 Å². The summed E-state index contributed by atoms with van der Waals surface area (Å²) in [4.78, 5) is 57.1. The van der Waals surface area contributed by atoms with Gasteiger partial charge in [-0.05, 0) is 64.7 Å². The lowest BCUT2D eigenvalue weighted by molar-refractivity contribution is -0.141. The second-order valence-corrected chi connectivity index (χ2v) is 11.5. The van der Waals surface area contributed by atoms with Gasteiger partial charge in [-0.25, -0.2) is 4.79 Å². The highest BCUT2D eigenvalue weighted by Crippen LogP contribution is 2.38. The fourth-order valence-electron chi connectivity index (χ4n) is 5.88. The molecule has 3 aliphatic rings. The smallest absolute Gasteiger partial charge is 0.408 e. The minimum atomic E-state index is -0.948. The molecule has 1 unspecified atom stereocenters. The number of rotatable bonds is 7. The Morgan fingerprint density at radius 3 is 2.64 bits per heavy atom. The minimum absolute atomic E-state index is 0.0383. The number of nitrogens with zero attached hydrogens (tertiary/aromatic N) is 4. The van der Waals surface area contributed by atoms with E-state index in [1.807, 2.05) is 34.9 Å². The predicted molar refractivity (Wildman–Crippen MR) is 142 cm³/mol. The van der Waals surface area contributed by atoms with E-state index in [1.54, 1.807) is 33.9 Å². The summed E-state index contributed by atoms with van der Waals surface area (Å²) in [5.41, 5.74) is 0.668. The number of amides is 4. The van der Waals surface area contributed by atoms with Gasteiger partial charge in [0.2, 0.25) is 11.8 Å². The molecule has 11 nitrogen and oxygen atoms in total. The van der Waals surface area contributed by atoms with E-state index in [1.165, 1.54) is 4.90 Å². The van der Waals surface area contributed by atoms with Crippen LogP contribution in [0.1, 0.15) is 68.9 Å². The highest BCUT2D eigenvalue weighted by molar-refractivity contribution is 5.94. The van der Waals surface area contributed by atoms with Gasteiger partial charge in [-0.15, -0.1) is 0 Å². The number of ether oxygens (including phenoxy) is 1. The van der Waals surface area contributed by atoms with E-state index in [4.69, 9.17) is 4.74 Å². The molecule has 0 spiro atoms. The van der Waals surface area contributed by atoms with Crippen molar-refractivity contribution < 1.29 is 23.9 Å². The number of piperazine rings is 1. The van der Waals surface area contributed by atoms with Crippen LogP contribution in [0, 0.1) is 11.3 Å². The average molecular weight is 539 g/mol. The molecule has 0 saturated carbocycles. The van der Waals surface area contributed by atoms with Crippen LogP contribution in [0.5, 0.6) is 0 Å². The molecule has 0 aliphatic carbocycles. The summed E-state index contributed by atoms with van der Waals surface area (Å²) in [5.74, 6) is -0.561. The number of hydrogen-bond acceptors (Lipinski definition) is 7. The number of hydrogen-bond donors (Lipinski definition) is 2. The third-order valence-electron chi connectivity index (χ3n) is 7.68. The van der Waals surface area contributed by atoms with Crippen LogP contribution in [0.2, 0.25) is 0 Å². The molecule has 0 aromatic heterocycles. The van der Waals surface area contributed by atoms with Crippen molar-refractivity contribution in [1.29, 1.82) is 5.26 Å². The van der Waals surface area contributed by atoms with Crippen molar-refractivity contribution >= 4 is 23.8 Å². The number of nitrogens with one attached hydrogen (secondary N) is 2. The third-order valence-corrected chi connectivity index (χ3v) is 7.68. The zero-order valence-electron chi connectivity index (χ0n) is 23.3.